The summed E-state index contributed by atoms with van der Waals surface area (Å²) in [5.41, 5.74) is 3.64. The SMILES string of the molecule is Cc1cc(C)n(CN(Cc2ccc(F)cc2)C2CC2)c(=S)c1C#N. The molecule has 1 fully saturated rings. The number of nitriles is 1. The molecule has 1 saturated carbocycles. The Morgan fingerprint density at radius 3 is 2.54 bits per heavy atom. The average molecular weight is 341 g/mol. The van der Waals surface area contributed by atoms with E-state index >= 15 is 0 Å². The molecule has 0 radical (unpaired) electrons. The highest BCUT2D eigenvalue weighted by Crippen LogP contribution is 2.29. The Hall–Kier alpha value is -2.03. The maximum Gasteiger partial charge on any atom is 0.125 e. The van der Waals surface area contributed by atoms with Crippen LogP contribution in [0.4, 0.5) is 4.39 Å². The number of nitrogens with zero attached hydrogens (tertiary/aromatic N) is 3. The van der Waals surface area contributed by atoms with E-state index in [1.165, 1.54) is 25.0 Å². The van der Waals surface area contributed by atoms with Crippen molar-refractivity contribution in [1.29, 1.82) is 5.26 Å². The second-order valence-corrected chi connectivity index (χ2v) is 6.82. The quantitative estimate of drug-likeness (QED) is 0.752. The van der Waals surface area contributed by atoms with Gasteiger partial charge in [-0.1, -0.05) is 24.4 Å². The molecule has 3 rings (SSSR count). The molecule has 124 valence electrons. The van der Waals surface area contributed by atoms with Crippen LogP contribution in [0.5, 0.6) is 0 Å². The molecule has 0 aliphatic heterocycles. The molecule has 0 atom stereocenters. The Morgan fingerprint density at radius 1 is 1.29 bits per heavy atom. The van der Waals surface area contributed by atoms with Gasteiger partial charge in [0.25, 0.3) is 0 Å². The van der Waals surface area contributed by atoms with Crippen molar-refractivity contribution in [3.05, 3.63) is 63.2 Å². The van der Waals surface area contributed by atoms with E-state index in [-0.39, 0.29) is 5.82 Å². The first-order valence-electron chi connectivity index (χ1n) is 8.09. The zero-order valence-electron chi connectivity index (χ0n) is 13.9. The number of rotatable bonds is 5. The van der Waals surface area contributed by atoms with E-state index < -0.39 is 0 Å². The van der Waals surface area contributed by atoms with E-state index in [0.29, 0.717) is 22.9 Å². The molecule has 3 nitrogen and oxygen atoms in total. The van der Waals surface area contributed by atoms with Gasteiger partial charge in [0.2, 0.25) is 0 Å². The lowest BCUT2D eigenvalue weighted by molar-refractivity contribution is 0.195. The molecule has 1 heterocycles. The van der Waals surface area contributed by atoms with Gasteiger partial charge in [-0.25, -0.2) is 4.39 Å². The average Bonchev–Trinajstić information content (AvgIpc) is 3.37. The molecule has 1 aromatic carbocycles. The summed E-state index contributed by atoms with van der Waals surface area (Å²) in [4.78, 5) is 2.35. The third-order valence-corrected chi connectivity index (χ3v) is 4.93. The van der Waals surface area contributed by atoms with Crippen LogP contribution in [-0.2, 0) is 13.2 Å². The number of benzene rings is 1. The van der Waals surface area contributed by atoms with E-state index in [1.807, 2.05) is 36.6 Å². The van der Waals surface area contributed by atoms with Gasteiger partial charge in [-0.05, 0) is 56.0 Å². The molecule has 0 N–H and O–H groups in total. The van der Waals surface area contributed by atoms with Crippen molar-refractivity contribution in [2.45, 2.75) is 45.9 Å². The van der Waals surface area contributed by atoms with Gasteiger partial charge in [-0.15, -0.1) is 0 Å². The highest BCUT2D eigenvalue weighted by atomic mass is 32.1. The van der Waals surface area contributed by atoms with Crippen LogP contribution >= 0.6 is 12.2 Å². The van der Waals surface area contributed by atoms with E-state index in [2.05, 4.69) is 11.0 Å². The Bertz CT molecular complexity index is 845. The first-order chi connectivity index (χ1) is 11.5. The van der Waals surface area contributed by atoms with Crippen molar-refractivity contribution in [2.24, 2.45) is 0 Å². The Labute approximate surface area is 147 Å². The molecule has 1 aliphatic carbocycles. The Morgan fingerprint density at radius 2 is 1.96 bits per heavy atom. The first-order valence-corrected chi connectivity index (χ1v) is 8.50. The summed E-state index contributed by atoms with van der Waals surface area (Å²) in [5.74, 6) is -0.216. The van der Waals surface area contributed by atoms with Crippen molar-refractivity contribution in [3.8, 4) is 6.07 Å². The summed E-state index contributed by atoms with van der Waals surface area (Å²) in [6.45, 7) is 5.35. The molecule has 24 heavy (non-hydrogen) atoms. The second kappa shape index (κ2) is 6.84. The summed E-state index contributed by atoms with van der Waals surface area (Å²) < 4.78 is 15.7. The van der Waals surface area contributed by atoms with Crippen molar-refractivity contribution >= 4 is 12.2 Å². The van der Waals surface area contributed by atoms with Gasteiger partial charge in [0, 0.05) is 18.3 Å². The predicted octanol–water partition coefficient (Wildman–Crippen LogP) is 4.47. The minimum atomic E-state index is -0.216. The van der Waals surface area contributed by atoms with Gasteiger partial charge in [-0.2, -0.15) is 5.26 Å². The number of hydrogen-bond acceptors (Lipinski definition) is 3. The third-order valence-electron chi connectivity index (χ3n) is 4.50. The molecular formula is C19H20FN3S. The molecule has 0 amide bonds. The lowest BCUT2D eigenvalue weighted by Gasteiger charge is -2.25. The minimum absolute atomic E-state index is 0.216. The van der Waals surface area contributed by atoms with Gasteiger partial charge in [0.15, 0.2) is 0 Å². The Balaban J connectivity index is 1.88. The Kier molecular flexibility index (Phi) is 4.79. The molecule has 5 heteroatoms. The highest BCUT2D eigenvalue weighted by molar-refractivity contribution is 7.71. The van der Waals surface area contributed by atoms with E-state index in [0.717, 1.165) is 23.4 Å². The number of aromatic nitrogens is 1. The molecule has 1 aliphatic rings. The molecular weight excluding hydrogens is 321 g/mol. The summed E-state index contributed by atoms with van der Waals surface area (Å²) in [6.07, 6.45) is 2.34. The molecule has 0 spiro atoms. The zero-order valence-corrected chi connectivity index (χ0v) is 14.7. The fourth-order valence-electron chi connectivity index (χ4n) is 2.98. The molecule has 0 unspecified atom stereocenters. The summed E-state index contributed by atoms with van der Waals surface area (Å²) in [7, 11) is 0. The molecule has 0 bridgehead atoms. The van der Waals surface area contributed by atoms with Crippen LogP contribution in [0.1, 0.15) is 35.2 Å². The zero-order chi connectivity index (χ0) is 17.3. The van der Waals surface area contributed by atoms with Gasteiger partial charge < -0.3 is 4.57 Å². The van der Waals surface area contributed by atoms with Gasteiger partial charge in [-0.3, -0.25) is 4.90 Å². The lowest BCUT2D eigenvalue weighted by atomic mass is 10.1. The highest BCUT2D eigenvalue weighted by Gasteiger charge is 2.29. The van der Waals surface area contributed by atoms with E-state index in [1.54, 1.807) is 0 Å². The summed E-state index contributed by atoms with van der Waals surface area (Å²) in [6, 6.07) is 11.4. The van der Waals surface area contributed by atoms with Crippen LogP contribution in [0.25, 0.3) is 0 Å². The van der Waals surface area contributed by atoms with Crippen molar-refractivity contribution in [2.75, 3.05) is 0 Å². The van der Waals surface area contributed by atoms with Crippen molar-refractivity contribution in [3.63, 3.8) is 0 Å². The standard InChI is InChI=1S/C19H20FN3S/c1-13-9-14(2)23(19(24)18(13)10-21)12-22(17-7-8-17)11-15-3-5-16(20)6-4-15/h3-6,9,17H,7-8,11-12H2,1-2H3. The number of pyridine rings is 1. The first kappa shape index (κ1) is 16.8. The van der Waals surface area contributed by atoms with Crippen LogP contribution in [0.3, 0.4) is 0 Å². The van der Waals surface area contributed by atoms with E-state index in [4.69, 9.17) is 12.2 Å². The molecule has 1 aromatic heterocycles. The van der Waals surface area contributed by atoms with Gasteiger partial charge in [0.1, 0.15) is 16.5 Å². The van der Waals surface area contributed by atoms with Crippen molar-refractivity contribution < 1.29 is 4.39 Å². The third kappa shape index (κ3) is 3.55. The maximum absolute atomic E-state index is 13.1. The molecule has 2 aromatic rings. The van der Waals surface area contributed by atoms with Crippen LogP contribution in [0.15, 0.2) is 30.3 Å². The van der Waals surface area contributed by atoms with Gasteiger partial charge in [0.05, 0.1) is 12.2 Å². The normalized spacial score (nSPS) is 14.0. The predicted molar refractivity (Wildman–Crippen MR) is 94.4 cm³/mol. The summed E-state index contributed by atoms with van der Waals surface area (Å²) >= 11 is 5.54. The second-order valence-electron chi connectivity index (χ2n) is 6.43. The lowest BCUT2D eigenvalue weighted by Crippen LogP contribution is -2.29. The smallest absolute Gasteiger partial charge is 0.125 e. The van der Waals surface area contributed by atoms with Crippen LogP contribution in [0, 0.1) is 35.6 Å². The largest absolute Gasteiger partial charge is 0.322 e. The molecule has 0 saturated heterocycles. The van der Waals surface area contributed by atoms with Crippen molar-refractivity contribution in [1.82, 2.24) is 9.47 Å². The van der Waals surface area contributed by atoms with Gasteiger partial charge >= 0.3 is 0 Å². The van der Waals surface area contributed by atoms with Crippen LogP contribution < -0.4 is 0 Å². The minimum Gasteiger partial charge on any atom is -0.322 e. The monoisotopic (exact) mass is 341 g/mol. The number of halogens is 1. The number of aryl methyl sites for hydroxylation is 2. The van der Waals surface area contributed by atoms with Crippen LogP contribution in [0.2, 0.25) is 0 Å². The number of hydrogen-bond donors (Lipinski definition) is 0. The maximum atomic E-state index is 13.1. The fraction of sp³-hybridized carbons (Fsp3) is 0.368. The van der Waals surface area contributed by atoms with E-state index in [9.17, 15) is 9.65 Å². The topological polar surface area (TPSA) is 32.0 Å². The van der Waals surface area contributed by atoms with Crippen LogP contribution in [-0.4, -0.2) is 15.5 Å². The fourth-order valence-corrected chi connectivity index (χ4v) is 3.39. The summed E-state index contributed by atoms with van der Waals surface area (Å²) in [5, 5.41) is 9.35.